The Kier molecular flexibility index (Phi) is 3.16. The first kappa shape index (κ1) is 12.3. The van der Waals surface area contributed by atoms with E-state index in [2.05, 4.69) is 22.1 Å². The molecule has 3 aromatic rings. The van der Waals surface area contributed by atoms with Crippen LogP contribution in [0.1, 0.15) is 16.1 Å². The van der Waals surface area contributed by atoms with Crippen LogP contribution in [-0.2, 0) is 13.0 Å². The van der Waals surface area contributed by atoms with Gasteiger partial charge in [0.2, 0.25) is 0 Å². The lowest BCUT2D eigenvalue weighted by Gasteiger charge is -2.04. The fraction of sp³-hybridized carbons (Fsp3) is 0.133. The minimum Gasteiger partial charge on any atom is -0.364 e. The van der Waals surface area contributed by atoms with Gasteiger partial charge in [0.05, 0.1) is 11.8 Å². The van der Waals surface area contributed by atoms with E-state index in [1.807, 2.05) is 28.8 Å². The van der Waals surface area contributed by atoms with Crippen LogP contribution in [0, 0.1) is 0 Å². The predicted octanol–water partition coefficient (Wildman–Crippen LogP) is 1.77. The Morgan fingerprint density at radius 2 is 1.95 bits per heavy atom. The Balaban J connectivity index is 1.84. The van der Waals surface area contributed by atoms with Gasteiger partial charge >= 0.3 is 0 Å². The van der Waals surface area contributed by atoms with Crippen molar-refractivity contribution in [2.45, 2.75) is 13.0 Å². The van der Waals surface area contributed by atoms with Gasteiger partial charge in [0.1, 0.15) is 5.69 Å². The van der Waals surface area contributed by atoms with Crippen molar-refractivity contribution in [3.8, 4) is 0 Å². The molecule has 1 amide bonds. The maximum Gasteiger partial charge on any atom is 0.267 e. The second kappa shape index (κ2) is 5.13. The first-order chi connectivity index (χ1) is 9.74. The monoisotopic (exact) mass is 266 g/mol. The number of benzene rings is 1. The molecule has 0 saturated carbocycles. The summed E-state index contributed by atoms with van der Waals surface area (Å²) < 4.78 is 2.03. The van der Waals surface area contributed by atoms with E-state index in [0.29, 0.717) is 5.65 Å². The van der Waals surface area contributed by atoms with Crippen molar-refractivity contribution < 1.29 is 4.79 Å². The molecular formula is C15H14N4O. The number of imidazole rings is 1. The van der Waals surface area contributed by atoms with Gasteiger partial charge in [-0.15, -0.1) is 0 Å². The molecule has 0 aliphatic heterocycles. The first-order valence-corrected chi connectivity index (χ1v) is 6.39. The first-order valence-electron chi connectivity index (χ1n) is 6.39. The lowest BCUT2D eigenvalue weighted by atomic mass is 10.1. The number of aromatic nitrogens is 3. The number of hydrogen-bond donors (Lipinski definition) is 1. The van der Waals surface area contributed by atoms with E-state index in [4.69, 9.17) is 5.73 Å². The summed E-state index contributed by atoms with van der Waals surface area (Å²) in [5.41, 5.74) is 8.18. The van der Waals surface area contributed by atoms with E-state index in [1.54, 1.807) is 12.4 Å². The van der Waals surface area contributed by atoms with Gasteiger partial charge < -0.3 is 10.3 Å². The van der Waals surface area contributed by atoms with Gasteiger partial charge in [0.15, 0.2) is 5.65 Å². The predicted molar refractivity (Wildman–Crippen MR) is 76.2 cm³/mol. The lowest BCUT2D eigenvalue weighted by molar-refractivity contribution is 0.0996. The lowest BCUT2D eigenvalue weighted by Crippen LogP contribution is -2.12. The number of hydrogen-bond acceptors (Lipinski definition) is 3. The van der Waals surface area contributed by atoms with Gasteiger partial charge in [-0.25, -0.2) is 9.97 Å². The Morgan fingerprint density at radius 1 is 1.15 bits per heavy atom. The Labute approximate surface area is 116 Å². The molecule has 0 saturated heterocycles. The molecule has 2 aromatic heterocycles. The smallest absolute Gasteiger partial charge is 0.267 e. The number of pyridine rings is 1. The summed E-state index contributed by atoms with van der Waals surface area (Å²) >= 11 is 0. The third kappa shape index (κ3) is 2.38. The molecule has 1 aromatic carbocycles. The Bertz CT molecular complexity index is 749. The number of amides is 1. The summed E-state index contributed by atoms with van der Waals surface area (Å²) in [4.78, 5) is 19.4. The minimum absolute atomic E-state index is 0.241. The number of carbonyl (C=O) groups is 1. The van der Waals surface area contributed by atoms with Crippen LogP contribution >= 0.6 is 0 Å². The van der Waals surface area contributed by atoms with Crippen LogP contribution in [0.2, 0.25) is 0 Å². The van der Waals surface area contributed by atoms with Crippen LogP contribution in [0.15, 0.2) is 48.8 Å². The average Bonchev–Trinajstić information content (AvgIpc) is 2.88. The summed E-state index contributed by atoms with van der Waals surface area (Å²) in [6.07, 6.45) is 2.66. The third-order valence-corrected chi connectivity index (χ3v) is 3.22. The Hall–Kier alpha value is -2.69. The zero-order chi connectivity index (χ0) is 13.9. The number of carbonyl (C=O) groups excluding carboxylic acids is 1. The minimum atomic E-state index is -0.536. The second-order valence-electron chi connectivity index (χ2n) is 4.58. The summed E-state index contributed by atoms with van der Waals surface area (Å²) in [7, 11) is 0. The molecule has 0 fully saturated rings. The molecule has 5 nitrogen and oxygen atoms in total. The summed E-state index contributed by atoms with van der Waals surface area (Å²) in [5, 5.41) is 0. The van der Waals surface area contributed by atoms with Gasteiger partial charge in [-0.2, -0.15) is 0 Å². The highest BCUT2D eigenvalue weighted by Crippen LogP contribution is 2.12. The SMILES string of the molecule is NC(=O)c1ccc2c(ncn2CCc2ccccc2)n1. The second-order valence-corrected chi connectivity index (χ2v) is 4.58. The molecule has 0 spiro atoms. The molecule has 100 valence electrons. The van der Waals surface area contributed by atoms with Crippen LogP contribution in [0.25, 0.3) is 11.2 Å². The van der Waals surface area contributed by atoms with Crippen molar-refractivity contribution in [2.24, 2.45) is 5.73 Å². The van der Waals surface area contributed by atoms with E-state index in [9.17, 15) is 4.79 Å². The number of primary amides is 1. The molecule has 0 unspecified atom stereocenters. The topological polar surface area (TPSA) is 73.8 Å². The van der Waals surface area contributed by atoms with Gasteiger partial charge in [-0.3, -0.25) is 4.79 Å². The Morgan fingerprint density at radius 3 is 2.70 bits per heavy atom. The van der Waals surface area contributed by atoms with Gasteiger partial charge in [-0.1, -0.05) is 30.3 Å². The number of nitrogens with zero attached hydrogens (tertiary/aromatic N) is 3. The molecule has 3 rings (SSSR count). The molecule has 2 N–H and O–H groups in total. The molecule has 2 heterocycles. The molecule has 20 heavy (non-hydrogen) atoms. The fourth-order valence-corrected chi connectivity index (χ4v) is 2.16. The summed E-state index contributed by atoms with van der Waals surface area (Å²) in [6.45, 7) is 0.818. The highest BCUT2D eigenvalue weighted by Gasteiger charge is 2.08. The standard InChI is InChI=1S/C15H14N4O/c16-14(20)12-6-7-13-15(18-12)17-10-19(13)9-8-11-4-2-1-3-5-11/h1-7,10H,8-9H2,(H2,16,20). The van der Waals surface area contributed by atoms with Crippen molar-refractivity contribution in [3.05, 3.63) is 60.0 Å². The van der Waals surface area contributed by atoms with Crippen LogP contribution < -0.4 is 5.73 Å². The van der Waals surface area contributed by atoms with E-state index in [-0.39, 0.29) is 5.69 Å². The average molecular weight is 266 g/mol. The summed E-state index contributed by atoms with van der Waals surface area (Å²) in [5.74, 6) is -0.536. The van der Waals surface area contributed by atoms with Crippen LogP contribution in [-0.4, -0.2) is 20.4 Å². The van der Waals surface area contributed by atoms with Crippen molar-refractivity contribution in [2.75, 3.05) is 0 Å². The molecular weight excluding hydrogens is 252 g/mol. The zero-order valence-electron chi connectivity index (χ0n) is 10.9. The van der Waals surface area contributed by atoms with Gasteiger partial charge in [-0.05, 0) is 24.1 Å². The van der Waals surface area contributed by atoms with Crippen molar-refractivity contribution in [1.82, 2.24) is 14.5 Å². The van der Waals surface area contributed by atoms with E-state index in [1.165, 1.54) is 5.56 Å². The number of nitrogens with two attached hydrogens (primary N) is 1. The van der Waals surface area contributed by atoms with Crippen LogP contribution in [0.3, 0.4) is 0 Å². The van der Waals surface area contributed by atoms with Gasteiger partial charge in [0.25, 0.3) is 5.91 Å². The van der Waals surface area contributed by atoms with Crippen molar-refractivity contribution in [3.63, 3.8) is 0 Å². The molecule has 5 heteroatoms. The van der Waals surface area contributed by atoms with Crippen LogP contribution in [0.4, 0.5) is 0 Å². The fourth-order valence-electron chi connectivity index (χ4n) is 2.16. The molecule has 0 radical (unpaired) electrons. The normalized spacial score (nSPS) is 10.8. The molecule has 0 atom stereocenters. The van der Waals surface area contributed by atoms with Gasteiger partial charge in [0, 0.05) is 6.54 Å². The molecule has 0 aliphatic carbocycles. The number of rotatable bonds is 4. The highest BCUT2D eigenvalue weighted by molar-refractivity contribution is 5.92. The van der Waals surface area contributed by atoms with E-state index >= 15 is 0 Å². The highest BCUT2D eigenvalue weighted by atomic mass is 16.1. The molecule has 0 aliphatic rings. The number of aryl methyl sites for hydroxylation is 2. The largest absolute Gasteiger partial charge is 0.364 e. The van der Waals surface area contributed by atoms with E-state index < -0.39 is 5.91 Å². The quantitative estimate of drug-likeness (QED) is 0.782. The van der Waals surface area contributed by atoms with Crippen molar-refractivity contribution >= 4 is 17.1 Å². The maximum absolute atomic E-state index is 11.1. The maximum atomic E-state index is 11.1. The molecule has 0 bridgehead atoms. The van der Waals surface area contributed by atoms with Crippen LogP contribution in [0.5, 0.6) is 0 Å². The van der Waals surface area contributed by atoms with E-state index in [0.717, 1.165) is 18.5 Å². The summed E-state index contributed by atoms with van der Waals surface area (Å²) in [6, 6.07) is 13.7. The number of fused-ring (bicyclic) bond motifs is 1. The zero-order valence-corrected chi connectivity index (χ0v) is 10.9. The van der Waals surface area contributed by atoms with Crippen molar-refractivity contribution in [1.29, 1.82) is 0 Å². The third-order valence-electron chi connectivity index (χ3n) is 3.22.